The van der Waals surface area contributed by atoms with Crippen LogP contribution in [0.4, 0.5) is 4.39 Å². The lowest BCUT2D eigenvalue weighted by Gasteiger charge is -2.59. The van der Waals surface area contributed by atoms with E-state index >= 15 is 0 Å². The van der Waals surface area contributed by atoms with E-state index in [0.29, 0.717) is 23.0 Å². The van der Waals surface area contributed by atoms with Crippen LogP contribution < -0.4 is 0 Å². The van der Waals surface area contributed by atoms with Crippen molar-refractivity contribution in [2.24, 2.45) is 34.5 Å². The zero-order chi connectivity index (χ0) is 19.5. The van der Waals surface area contributed by atoms with E-state index in [2.05, 4.69) is 13.8 Å². The fourth-order valence-electron chi connectivity index (χ4n) is 7.89. The van der Waals surface area contributed by atoms with Gasteiger partial charge in [-0.3, -0.25) is 4.79 Å². The first kappa shape index (κ1) is 18.6. The first-order chi connectivity index (χ1) is 13.4. The molecule has 4 saturated carbocycles. The highest BCUT2D eigenvalue weighted by molar-refractivity contribution is 6.05. The van der Waals surface area contributed by atoms with Crippen molar-refractivity contribution >= 4 is 11.9 Å². The number of allylic oxidation sites excluding steroid dienone is 1. The van der Waals surface area contributed by atoms with Crippen LogP contribution in [0.3, 0.4) is 0 Å². The van der Waals surface area contributed by atoms with Gasteiger partial charge in [0.15, 0.2) is 5.78 Å². The summed E-state index contributed by atoms with van der Waals surface area (Å²) in [5.41, 5.74) is 2.07. The van der Waals surface area contributed by atoms with Crippen molar-refractivity contribution < 1.29 is 9.18 Å². The highest BCUT2D eigenvalue weighted by Gasteiger charge is 2.60. The summed E-state index contributed by atoms with van der Waals surface area (Å²) in [6.07, 6.45) is 13.4. The van der Waals surface area contributed by atoms with Crippen molar-refractivity contribution in [3.8, 4) is 0 Å². The average Bonchev–Trinajstić information content (AvgIpc) is 2.92. The minimum absolute atomic E-state index is 0.196. The molecule has 28 heavy (non-hydrogen) atoms. The molecule has 5 rings (SSSR count). The van der Waals surface area contributed by atoms with Crippen LogP contribution in [-0.2, 0) is 4.79 Å². The van der Waals surface area contributed by atoms with Gasteiger partial charge in [0.05, 0.1) is 0 Å². The molecule has 0 radical (unpaired) electrons. The van der Waals surface area contributed by atoms with Crippen LogP contribution in [0.25, 0.3) is 6.08 Å². The van der Waals surface area contributed by atoms with E-state index in [9.17, 15) is 9.18 Å². The van der Waals surface area contributed by atoms with Crippen molar-refractivity contribution in [3.05, 3.63) is 41.2 Å². The molecule has 0 saturated heterocycles. The molecule has 2 heteroatoms. The van der Waals surface area contributed by atoms with E-state index in [1.165, 1.54) is 51.0 Å². The summed E-state index contributed by atoms with van der Waals surface area (Å²) in [6.45, 7) is 4.81. The maximum absolute atomic E-state index is 13.6. The Morgan fingerprint density at radius 1 is 1.04 bits per heavy atom. The van der Waals surface area contributed by atoms with E-state index < -0.39 is 0 Å². The summed E-state index contributed by atoms with van der Waals surface area (Å²) in [5.74, 6) is 3.00. The van der Waals surface area contributed by atoms with Crippen molar-refractivity contribution in [2.45, 2.75) is 71.6 Å². The Hall–Kier alpha value is -1.44. The van der Waals surface area contributed by atoms with Crippen molar-refractivity contribution in [2.75, 3.05) is 0 Å². The van der Waals surface area contributed by atoms with Gasteiger partial charge < -0.3 is 0 Å². The number of carbonyl (C=O) groups is 1. The number of hydrogen-bond donors (Lipinski definition) is 0. The smallest absolute Gasteiger partial charge is 0.165 e. The van der Waals surface area contributed by atoms with Gasteiger partial charge in [-0.1, -0.05) is 38.8 Å². The molecule has 4 fully saturated rings. The fraction of sp³-hybridized carbons (Fsp3) is 0.654. The standard InChI is InChI=1S/C26H33FO/c1-25-12-4-3-7-19(25)9-10-21-22(25)11-13-26(2)23(21)16-18(24(26)28)14-17-6-5-8-20(27)15-17/h5-6,8,14-15,19,21-23H,3-4,7,9-13,16H2,1-2H3. The van der Waals surface area contributed by atoms with E-state index in [1.54, 1.807) is 12.1 Å². The van der Waals surface area contributed by atoms with E-state index in [4.69, 9.17) is 0 Å². The predicted molar refractivity (Wildman–Crippen MR) is 111 cm³/mol. The van der Waals surface area contributed by atoms with Gasteiger partial charge in [0.2, 0.25) is 0 Å². The molecule has 0 aromatic heterocycles. The Balaban J connectivity index is 1.46. The van der Waals surface area contributed by atoms with Crippen LogP contribution in [-0.4, -0.2) is 5.78 Å². The lowest BCUT2D eigenvalue weighted by Crippen LogP contribution is -2.52. The molecule has 0 heterocycles. The largest absolute Gasteiger partial charge is 0.294 e. The number of hydrogen-bond acceptors (Lipinski definition) is 1. The van der Waals surface area contributed by atoms with Crippen LogP contribution in [0, 0.1) is 40.3 Å². The summed E-state index contributed by atoms with van der Waals surface area (Å²) >= 11 is 0. The number of fused-ring (bicyclic) bond motifs is 5. The molecule has 1 nitrogen and oxygen atoms in total. The van der Waals surface area contributed by atoms with Gasteiger partial charge in [-0.2, -0.15) is 0 Å². The minimum Gasteiger partial charge on any atom is -0.294 e. The predicted octanol–water partition coefficient (Wildman–Crippen LogP) is 6.82. The van der Waals surface area contributed by atoms with Gasteiger partial charge in [-0.15, -0.1) is 0 Å². The molecule has 1 aromatic carbocycles. The summed E-state index contributed by atoms with van der Waals surface area (Å²) in [7, 11) is 0. The Bertz CT molecular complexity index is 825. The second-order valence-corrected chi connectivity index (χ2v) is 10.6. The lowest BCUT2D eigenvalue weighted by molar-refractivity contribution is -0.137. The maximum atomic E-state index is 13.6. The van der Waals surface area contributed by atoms with Crippen LogP contribution in [0.1, 0.15) is 77.2 Å². The Labute approximate surface area is 168 Å². The van der Waals surface area contributed by atoms with Gasteiger partial charge in [0.1, 0.15) is 5.82 Å². The quantitative estimate of drug-likeness (QED) is 0.488. The molecule has 0 aliphatic heterocycles. The monoisotopic (exact) mass is 380 g/mol. The molecular weight excluding hydrogens is 347 g/mol. The number of Topliss-reactive ketones (excluding diaryl/α,β-unsaturated/α-hetero) is 1. The fourth-order valence-corrected chi connectivity index (χ4v) is 7.89. The van der Waals surface area contributed by atoms with Crippen LogP contribution in [0.2, 0.25) is 0 Å². The van der Waals surface area contributed by atoms with Gasteiger partial charge in [-0.05, 0) is 103 Å². The lowest BCUT2D eigenvalue weighted by atomic mass is 9.45. The second kappa shape index (κ2) is 6.54. The number of carbonyl (C=O) groups excluding carboxylic acids is 1. The zero-order valence-electron chi connectivity index (χ0n) is 17.3. The van der Waals surface area contributed by atoms with Gasteiger partial charge in [0.25, 0.3) is 0 Å². The molecule has 4 aliphatic carbocycles. The molecule has 0 spiro atoms. The summed E-state index contributed by atoms with van der Waals surface area (Å²) in [5, 5.41) is 0. The van der Waals surface area contributed by atoms with E-state index in [0.717, 1.165) is 35.8 Å². The number of halogens is 1. The molecule has 6 unspecified atom stereocenters. The van der Waals surface area contributed by atoms with E-state index in [-0.39, 0.29) is 11.2 Å². The molecule has 4 aliphatic rings. The molecule has 150 valence electrons. The van der Waals surface area contributed by atoms with Crippen molar-refractivity contribution in [1.29, 1.82) is 0 Å². The van der Waals surface area contributed by atoms with Gasteiger partial charge in [0, 0.05) is 5.41 Å². The molecular formula is C26H33FO. The maximum Gasteiger partial charge on any atom is 0.165 e. The summed E-state index contributed by atoms with van der Waals surface area (Å²) in [6, 6.07) is 6.65. The van der Waals surface area contributed by atoms with Gasteiger partial charge in [-0.25, -0.2) is 4.39 Å². The highest BCUT2D eigenvalue weighted by atomic mass is 19.1. The Kier molecular flexibility index (Phi) is 4.34. The highest BCUT2D eigenvalue weighted by Crippen LogP contribution is 2.66. The van der Waals surface area contributed by atoms with Crippen LogP contribution in [0.5, 0.6) is 0 Å². The van der Waals surface area contributed by atoms with Crippen LogP contribution >= 0.6 is 0 Å². The minimum atomic E-state index is -0.230. The summed E-state index contributed by atoms with van der Waals surface area (Å²) < 4.78 is 13.6. The SMILES string of the molecule is CC12CCC3C(CCC4CCCCC43C)C1CC(=Cc1cccc(F)c1)C2=O. The first-order valence-electron chi connectivity index (χ1n) is 11.4. The van der Waals surface area contributed by atoms with Gasteiger partial charge >= 0.3 is 0 Å². The second-order valence-electron chi connectivity index (χ2n) is 10.6. The third-order valence-electron chi connectivity index (χ3n) is 9.41. The topological polar surface area (TPSA) is 17.1 Å². The zero-order valence-corrected chi connectivity index (χ0v) is 17.3. The van der Waals surface area contributed by atoms with Crippen molar-refractivity contribution in [3.63, 3.8) is 0 Å². The third kappa shape index (κ3) is 2.66. The summed E-state index contributed by atoms with van der Waals surface area (Å²) in [4.78, 5) is 13.4. The number of rotatable bonds is 1. The van der Waals surface area contributed by atoms with Crippen molar-refractivity contribution in [1.82, 2.24) is 0 Å². The molecule has 0 N–H and O–H groups in total. The van der Waals surface area contributed by atoms with Crippen LogP contribution in [0.15, 0.2) is 29.8 Å². The number of benzene rings is 1. The van der Waals surface area contributed by atoms with E-state index in [1.807, 2.05) is 12.1 Å². The Morgan fingerprint density at radius 3 is 2.71 bits per heavy atom. The molecule has 1 aromatic rings. The normalized spacial score (nSPS) is 44.1. The molecule has 0 bridgehead atoms. The first-order valence-corrected chi connectivity index (χ1v) is 11.4. The third-order valence-corrected chi connectivity index (χ3v) is 9.41. The Morgan fingerprint density at radius 2 is 1.89 bits per heavy atom. The molecule has 0 amide bonds. The number of ketones is 1. The average molecular weight is 381 g/mol. The molecule has 6 atom stereocenters.